The average Bonchev–Trinajstić information content (AvgIpc) is 2.42. The van der Waals surface area contributed by atoms with Gasteiger partial charge in [0.15, 0.2) is 6.10 Å². The van der Waals surface area contributed by atoms with Crippen LogP contribution in [0, 0.1) is 0 Å². The van der Waals surface area contributed by atoms with Gasteiger partial charge in [-0.25, -0.2) is 4.79 Å². The summed E-state index contributed by atoms with van der Waals surface area (Å²) in [5.74, 6) is -1.36. The summed E-state index contributed by atoms with van der Waals surface area (Å²) in [4.78, 5) is 21.8. The van der Waals surface area contributed by atoms with Crippen molar-refractivity contribution in [3.63, 3.8) is 0 Å². The van der Waals surface area contributed by atoms with Gasteiger partial charge in [-0.3, -0.25) is 4.79 Å². The average molecular weight is 265 g/mol. The van der Waals surface area contributed by atoms with E-state index in [1.54, 1.807) is 0 Å². The van der Waals surface area contributed by atoms with Crippen LogP contribution >= 0.6 is 0 Å². The Morgan fingerprint density at radius 1 is 1.32 bits per heavy atom. The zero-order valence-electron chi connectivity index (χ0n) is 11.0. The molecule has 0 radical (unpaired) electrons. The minimum absolute atomic E-state index is 0.223. The number of aliphatic carboxylic acids is 1. The van der Waals surface area contributed by atoms with Gasteiger partial charge in [0.05, 0.1) is 0 Å². The fraction of sp³-hybridized carbons (Fsp3) is 0.429. The van der Waals surface area contributed by atoms with Crippen LogP contribution in [0.1, 0.15) is 18.9 Å². The number of carbonyl (C=O) groups excluding carboxylic acids is 1. The van der Waals surface area contributed by atoms with Crippen LogP contribution in [0.5, 0.6) is 0 Å². The Morgan fingerprint density at radius 3 is 2.63 bits per heavy atom. The van der Waals surface area contributed by atoms with Crippen LogP contribution in [-0.4, -0.2) is 36.2 Å². The van der Waals surface area contributed by atoms with Crippen LogP contribution in [0.2, 0.25) is 0 Å². The van der Waals surface area contributed by atoms with Gasteiger partial charge in [-0.2, -0.15) is 0 Å². The quantitative estimate of drug-likeness (QED) is 0.693. The largest absolute Gasteiger partial charge is 0.479 e. The molecule has 1 rings (SSSR count). The van der Waals surface area contributed by atoms with Crippen molar-refractivity contribution in [2.75, 3.05) is 13.2 Å². The lowest BCUT2D eigenvalue weighted by atomic mass is 10.1. The molecule has 0 aliphatic carbocycles. The fourth-order valence-corrected chi connectivity index (χ4v) is 1.49. The molecule has 1 aromatic carbocycles. The standard InChI is InChI=1S/C14H19NO4/c1-11(14(17)18)19-10-13(16)15-9-5-8-12-6-3-2-4-7-12/h2-4,6-7,11H,5,8-10H2,1H3,(H,15,16)(H,17,18). The van der Waals surface area contributed by atoms with Crippen molar-refractivity contribution in [2.24, 2.45) is 0 Å². The van der Waals surface area contributed by atoms with Gasteiger partial charge in [0.25, 0.3) is 0 Å². The van der Waals surface area contributed by atoms with E-state index in [1.807, 2.05) is 30.3 Å². The number of amides is 1. The van der Waals surface area contributed by atoms with E-state index in [1.165, 1.54) is 12.5 Å². The third kappa shape index (κ3) is 6.57. The first kappa shape index (κ1) is 15.2. The van der Waals surface area contributed by atoms with E-state index in [-0.39, 0.29) is 12.5 Å². The summed E-state index contributed by atoms with van der Waals surface area (Å²) in [6, 6.07) is 10.0. The van der Waals surface area contributed by atoms with Gasteiger partial charge in [0.2, 0.25) is 5.91 Å². The first-order valence-corrected chi connectivity index (χ1v) is 6.24. The van der Waals surface area contributed by atoms with Crippen LogP contribution in [0.3, 0.4) is 0 Å². The molecular weight excluding hydrogens is 246 g/mol. The van der Waals surface area contributed by atoms with Crippen LogP contribution < -0.4 is 5.32 Å². The maximum atomic E-state index is 11.4. The third-order valence-electron chi connectivity index (χ3n) is 2.62. The molecule has 0 spiro atoms. The summed E-state index contributed by atoms with van der Waals surface area (Å²) < 4.78 is 4.87. The van der Waals surface area contributed by atoms with E-state index in [9.17, 15) is 9.59 Å². The van der Waals surface area contributed by atoms with Crippen molar-refractivity contribution in [1.82, 2.24) is 5.32 Å². The molecule has 0 bridgehead atoms. The van der Waals surface area contributed by atoms with Gasteiger partial charge in [-0.1, -0.05) is 30.3 Å². The molecule has 104 valence electrons. The zero-order chi connectivity index (χ0) is 14.1. The fourth-order valence-electron chi connectivity index (χ4n) is 1.49. The molecule has 0 aliphatic rings. The number of rotatable bonds is 8. The van der Waals surface area contributed by atoms with E-state index < -0.39 is 12.1 Å². The van der Waals surface area contributed by atoms with Gasteiger partial charge in [0, 0.05) is 6.54 Å². The first-order valence-electron chi connectivity index (χ1n) is 6.24. The number of carbonyl (C=O) groups is 2. The van der Waals surface area contributed by atoms with Crippen LogP contribution in [0.25, 0.3) is 0 Å². The molecule has 19 heavy (non-hydrogen) atoms. The minimum Gasteiger partial charge on any atom is -0.479 e. The molecule has 0 aromatic heterocycles. The van der Waals surface area contributed by atoms with Crippen molar-refractivity contribution in [3.8, 4) is 0 Å². The molecule has 5 nitrogen and oxygen atoms in total. The highest BCUT2D eigenvalue weighted by Crippen LogP contribution is 2.01. The molecule has 1 amide bonds. The van der Waals surface area contributed by atoms with Crippen LogP contribution in [-0.2, 0) is 20.7 Å². The van der Waals surface area contributed by atoms with Crippen molar-refractivity contribution in [3.05, 3.63) is 35.9 Å². The Kier molecular flexibility index (Phi) is 6.60. The van der Waals surface area contributed by atoms with E-state index in [4.69, 9.17) is 9.84 Å². The molecule has 0 heterocycles. The third-order valence-corrected chi connectivity index (χ3v) is 2.62. The molecule has 5 heteroatoms. The number of benzene rings is 1. The molecule has 2 N–H and O–H groups in total. The molecule has 1 unspecified atom stereocenters. The summed E-state index contributed by atoms with van der Waals surface area (Å²) in [6.45, 7) is 1.72. The highest BCUT2D eigenvalue weighted by Gasteiger charge is 2.12. The lowest BCUT2D eigenvalue weighted by Crippen LogP contribution is -2.32. The first-order chi connectivity index (χ1) is 9.09. The number of ether oxygens (including phenoxy) is 1. The lowest BCUT2D eigenvalue weighted by Gasteiger charge is -2.09. The smallest absolute Gasteiger partial charge is 0.332 e. The van der Waals surface area contributed by atoms with Gasteiger partial charge < -0.3 is 15.2 Å². The Balaban J connectivity index is 2.09. The maximum absolute atomic E-state index is 11.4. The Morgan fingerprint density at radius 2 is 2.00 bits per heavy atom. The molecule has 0 saturated carbocycles. The van der Waals surface area contributed by atoms with Gasteiger partial charge >= 0.3 is 5.97 Å². The second kappa shape index (κ2) is 8.26. The number of aryl methyl sites for hydroxylation is 1. The van der Waals surface area contributed by atoms with E-state index >= 15 is 0 Å². The summed E-state index contributed by atoms with van der Waals surface area (Å²) in [6.07, 6.45) is 0.771. The molecule has 0 saturated heterocycles. The number of carboxylic acid groups (broad SMARTS) is 1. The number of nitrogens with one attached hydrogen (secondary N) is 1. The Bertz CT molecular complexity index is 405. The van der Waals surface area contributed by atoms with Crippen LogP contribution in [0.15, 0.2) is 30.3 Å². The van der Waals surface area contributed by atoms with E-state index in [0.717, 1.165) is 12.8 Å². The number of hydrogen-bond donors (Lipinski definition) is 2. The van der Waals surface area contributed by atoms with Gasteiger partial charge in [0.1, 0.15) is 6.61 Å². The second-order valence-electron chi connectivity index (χ2n) is 4.23. The van der Waals surface area contributed by atoms with Crippen LogP contribution in [0.4, 0.5) is 0 Å². The predicted octanol–water partition coefficient (Wildman–Crippen LogP) is 1.23. The Hall–Kier alpha value is -1.88. The van der Waals surface area contributed by atoms with Crippen molar-refractivity contribution < 1.29 is 19.4 Å². The SMILES string of the molecule is CC(OCC(=O)NCCCc1ccccc1)C(=O)O. The summed E-state index contributed by atoms with van der Waals surface area (Å²) >= 11 is 0. The van der Waals surface area contributed by atoms with Gasteiger partial charge in [-0.05, 0) is 25.3 Å². The maximum Gasteiger partial charge on any atom is 0.332 e. The molecule has 1 atom stereocenters. The summed E-state index contributed by atoms with van der Waals surface area (Å²) in [7, 11) is 0. The van der Waals surface area contributed by atoms with Crippen molar-refractivity contribution >= 4 is 11.9 Å². The highest BCUT2D eigenvalue weighted by molar-refractivity contribution is 5.78. The predicted molar refractivity (Wildman–Crippen MR) is 70.8 cm³/mol. The molecular formula is C14H19NO4. The zero-order valence-corrected chi connectivity index (χ0v) is 11.0. The van der Waals surface area contributed by atoms with Gasteiger partial charge in [-0.15, -0.1) is 0 Å². The van der Waals surface area contributed by atoms with Crippen molar-refractivity contribution in [2.45, 2.75) is 25.9 Å². The molecule has 1 aromatic rings. The summed E-state index contributed by atoms with van der Waals surface area (Å²) in [5.41, 5.74) is 1.23. The topological polar surface area (TPSA) is 75.6 Å². The van der Waals surface area contributed by atoms with E-state index in [2.05, 4.69) is 5.32 Å². The highest BCUT2D eigenvalue weighted by atomic mass is 16.5. The summed E-state index contributed by atoms with van der Waals surface area (Å²) in [5, 5.41) is 11.3. The number of carboxylic acids is 1. The van der Waals surface area contributed by atoms with E-state index in [0.29, 0.717) is 6.54 Å². The monoisotopic (exact) mass is 265 g/mol. The minimum atomic E-state index is -1.07. The van der Waals surface area contributed by atoms with Crippen molar-refractivity contribution in [1.29, 1.82) is 0 Å². The second-order valence-corrected chi connectivity index (χ2v) is 4.23. The lowest BCUT2D eigenvalue weighted by molar-refractivity contribution is -0.150. The normalized spacial score (nSPS) is 11.8. The number of hydrogen-bond acceptors (Lipinski definition) is 3. The molecule has 0 aliphatic heterocycles. The molecule has 0 fully saturated rings. The Labute approximate surface area is 112 Å².